The van der Waals surface area contributed by atoms with Gasteiger partial charge in [0.15, 0.2) is 5.96 Å². The van der Waals surface area contributed by atoms with Crippen LogP contribution in [0.3, 0.4) is 0 Å². The van der Waals surface area contributed by atoms with Gasteiger partial charge >= 0.3 is 0 Å². The van der Waals surface area contributed by atoms with Crippen LogP contribution < -0.4 is 11.1 Å². The average molecular weight is 309 g/mol. The predicted molar refractivity (Wildman–Crippen MR) is 89.9 cm³/mol. The number of halogens is 1. The first-order valence-electron chi connectivity index (χ1n) is 7.71. The Morgan fingerprint density at radius 1 is 1.52 bits per heavy atom. The van der Waals surface area contributed by atoms with Crippen LogP contribution in [0, 0.1) is 0 Å². The Hall–Kier alpha value is -1.26. The van der Waals surface area contributed by atoms with E-state index < -0.39 is 0 Å². The molecule has 0 aliphatic carbocycles. The van der Waals surface area contributed by atoms with E-state index in [2.05, 4.69) is 28.2 Å². The third kappa shape index (κ3) is 5.21. The molecule has 1 atom stereocenters. The Morgan fingerprint density at radius 3 is 3.14 bits per heavy atom. The van der Waals surface area contributed by atoms with Gasteiger partial charge in [0.2, 0.25) is 0 Å². The van der Waals surface area contributed by atoms with E-state index >= 15 is 0 Å². The Bertz CT molecular complexity index is 475. The first-order chi connectivity index (χ1) is 10.2. The summed E-state index contributed by atoms with van der Waals surface area (Å²) in [7, 11) is 0. The Kier molecular flexibility index (Phi) is 6.33. The molecule has 1 aromatic rings. The highest BCUT2D eigenvalue weighted by atomic mass is 35.5. The number of nitrogens with zero attached hydrogens (tertiary/aromatic N) is 2. The highest BCUT2D eigenvalue weighted by Gasteiger charge is 2.22. The highest BCUT2D eigenvalue weighted by Crippen LogP contribution is 2.16. The summed E-state index contributed by atoms with van der Waals surface area (Å²) in [6, 6.07) is 8.46. The molecule has 3 N–H and O–H groups in total. The summed E-state index contributed by atoms with van der Waals surface area (Å²) in [5.41, 5.74) is 7.13. The predicted octanol–water partition coefficient (Wildman–Crippen LogP) is 2.27. The van der Waals surface area contributed by atoms with Crippen molar-refractivity contribution in [2.45, 2.75) is 32.2 Å². The SMILES string of the molecule is CCN1CCCC1CN=C(N)NCCc1cccc(Cl)c1. The fraction of sp³-hybridized carbons (Fsp3) is 0.562. The lowest BCUT2D eigenvalue weighted by atomic mass is 10.1. The van der Waals surface area contributed by atoms with Crippen LogP contribution in [-0.4, -0.2) is 43.1 Å². The number of nitrogens with two attached hydrogens (primary N) is 1. The van der Waals surface area contributed by atoms with Gasteiger partial charge < -0.3 is 11.1 Å². The van der Waals surface area contributed by atoms with E-state index in [-0.39, 0.29) is 0 Å². The number of likely N-dealkylation sites (tertiary alicyclic amines) is 1. The molecule has 1 unspecified atom stereocenters. The minimum atomic E-state index is 0.542. The molecule has 0 aromatic heterocycles. The molecule has 1 heterocycles. The van der Waals surface area contributed by atoms with Gasteiger partial charge in [-0.1, -0.05) is 30.7 Å². The lowest BCUT2D eigenvalue weighted by Crippen LogP contribution is -2.36. The quantitative estimate of drug-likeness (QED) is 0.626. The van der Waals surface area contributed by atoms with Crippen molar-refractivity contribution in [1.82, 2.24) is 10.2 Å². The van der Waals surface area contributed by atoms with Crippen LogP contribution in [-0.2, 0) is 6.42 Å². The summed E-state index contributed by atoms with van der Waals surface area (Å²) in [4.78, 5) is 6.94. The largest absolute Gasteiger partial charge is 0.370 e. The number of rotatable bonds is 6. The van der Waals surface area contributed by atoms with E-state index in [9.17, 15) is 0 Å². The van der Waals surface area contributed by atoms with Crippen molar-refractivity contribution in [2.24, 2.45) is 10.7 Å². The fourth-order valence-electron chi connectivity index (χ4n) is 2.81. The molecular formula is C16H25ClN4. The van der Waals surface area contributed by atoms with Gasteiger partial charge in [0.05, 0.1) is 6.54 Å². The number of guanidine groups is 1. The van der Waals surface area contributed by atoms with Gasteiger partial charge in [-0.3, -0.25) is 9.89 Å². The van der Waals surface area contributed by atoms with Gasteiger partial charge in [-0.05, 0) is 50.0 Å². The molecule has 1 aliphatic rings. The maximum atomic E-state index is 5.96. The zero-order chi connectivity index (χ0) is 15.1. The number of aliphatic imine (C=N–C) groups is 1. The molecule has 21 heavy (non-hydrogen) atoms. The second-order valence-electron chi connectivity index (χ2n) is 5.46. The third-order valence-electron chi connectivity index (χ3n) is 3.99. The van der Waals surface area contributed by atoms with Crippen LogP contribution in [0.5, 0.6) is 0 Å². The Morgan fingerprint density at radius 2 is 2.38 bits per heavy atom. The molecule has 1 aromatic carbocycles. The van der Waals surface area contributed by atoms with Crippen molar-refractivity contribution in [3.63, 3.8) is 0 Å². The van der Waals surface area contributed by atoms with Crippen molar-refractivity contribution in [1.29, 1.82) is 0 Å². The van der Waals surface area contributed by atoms with Crippen LogP contribution in [0.25, 0.3) is 0 Å². The summed E-state index contributed by atoms with van der Waals surface area (Å²) < 4.78 is 0. The molecule has 0 saturated carbocycles. The lowest BCUT2D eigenvalue weighted by molar-refractivity contribution is 0.273. The zero-order valence-electron chi connectivity index (χ0n) is 12.7. The number of hydrogen-bond acceptors (Lipinski definition) is 2. The van der Waals surface area contributed by atoms with Crippen molar-refractivity contribution >= 4 is 17.6 Å². The van der Waals surface area contributed by atoms with Gasteiger partial charge in [-0.2, -0.15) is 0 Å². The molecular weight excluding hydrogens is 284 g/mol. The minimum absolute atomic E-state index is 0.542. The second kappa shape index (κ2) is 8.25. The smallest absolute Gasteiger partial charge is 0.188 e. The van der Waals surface area contributed by atoms with E-state index in [1.165, 1.54) is 24.9 Å². The summed E-state index contributed by atoms with van der Waals surface area (Å²) in [5.74, 6) is 0.542. The molecule has 0 radical (unpaired) electrons. The standard InChI is InChI=1S/C16H25ClN4/c1-2-21-10-4-7-15(21)12-20-16(18)19-9-8-13-5-3-6-14(17)11-13/h3,5-6,11,15H,2,4,7-10,12H2,1H3,(H3,18,19,20). The first-order valence-corrected chi connectivity index (χ1v) is 8.09. The Labute approximate surface area is 132 Å². The second-order valence-corrected chi connectivity index (χ2v) is 5.89. The molecule has 2 rings (SSSR count). The van der Waals surface area contributed by atoms with E-state index in [0.717, 1.165) is 31.1 Å². The lowest BCUT2D eigenvalue weighted by Gasteiger charge is -2.20. The van der Waals surface area contributed by atoms with Crippen LogP contribution in [0.1, 0.15) is 25.3 Å². The van der Waals surface area contributed by atoms with Crippen LogP contribution in [0.4, 0.5) is 0 Å². The molecule has 0 spiro atoms. The monoisotopic (exact) mass is 308 g/mol. The summed E-state index contributed by atoms with van der Waals surface area (Å²) in [5, 5.41) is 3.95. The normalized spacial score (nSPS) is 19.9. The molecule has 1 fully saturated rings. The number of likely N-dealkylation sites (N-methyl/N-ethyl adjacent to an activating group) is 1. The molecule has 5 heteroatoms. The maximum Gasteiger partial charge on any atom is 0.188 e. The van der Waals surface area contributed by atoms with Crippen LogP contribution in [0.2, 0.25) is 5.02 Å². The summed E-state index contributed by atoms with van der Waals surface area (Å²) in [6.07, 6.45) is 3.39. The maximum absolute atomic E-state index is 5.96. The van der Waals surface area contributed by atoms with Crippen LogP contribution >= 0.6 is 11.6 Å². The fourth-order valence-corrected chi connectivity index (χ4v) is 3.02. The molecule has 4 nitrogen and oxygen atoms in total. The zero-order valence-corrected chi connectivity index (χ0v) is 13.4. The van der Waals surface area contributed by atoms with Crippen LogP contribution in [0.15, 0.2) is 29.3 Å². The topological polar surface area (TPSA) is 53.6 Å². The molecule has 116 valence electrons. The number of benzene rings is 1. The van der Waals surface area contributed by atoms with Gasteiger partial charge in [0.25, 0.3) is 0 Å². The van der Waals surface area contributed by atoms with Gasteiger partial charge in [0, 0.05) is 17.6 Å². The van der Waals surface area contributed by atoms with E-state index in [0.29, 0.717) is 12.0 Å². The minimum Gasteiger partial charge on any atom is -0.370 e. The molecule has 1 aliphatic heterocycles. The Balaban J connectivity index is 1.71. The van der Waals surface area contributed by atoms with Crippen molar-refractivity contribution in [2.75, 3.05) is 26.2 Å². The average Bonchev–Trinajstić information content (AvgIpc) is 2.92. The van der Waals surface area contributed by atoms with Gasteiger partial charge in [-0.15, -0.1) is 0 Å². The molecule has 0 amide bonds. The number of hydrogen-bond donors (Lipinski definition) is 2. The summed E-state index contributed by atoms with van der Waals surface area (Å²) >= 11 is 5.96. The van der Waals surface area contributed by atoms with Crippen molar-refractivity contribution < 1.29 is 0 Å². The summed E-state index contributed by atoms with van der Waals surface area (Å²) in [6.45, 7) is 6.07. The van der Waals surface area contributed by atoms with E-state index in [1.54, 1.807) is 0 Å². The highest BCUT2D eigenvalue weighted by molar-refractivity contribution is 6.30. The van der Waals surface area contributed by atoms with E-state index in [4.69, 9.17) is 17.3 Å². The molecule has 1 saturated heterocycles. The van der Waals surface area contributed by atoms with Crippen molar-refractivity contribution in [3.8, 4) is 0 Å². The molecule has 0 bridgehead atoms. The third-order valence-corrected chi connectivity index (χ3v) is 4.22. The van der Waals surface area contributed by atoms with E-state index in [1.807, 2.05) is 18.2 Å². The first kappa shape index (κ1) is 16.1. The van der Waals surface area contributed by atoms with Gasteiger partial charge in [-0.25, -0.2) is 0 Å². The van der Waals surface area contributed by atoms with Crippen molar-refractivity contribution in [3.05, 3.63) is 34.9 Å². The van der Waals surface area contributed by atoms with Gasteiger partial charge in [0.1, 0.15) is 0 Å². The number of nitrogens with one attached hydrogen (secondary N) is 1.